The van der Waals surface area contributed by atoms with Gasteiger partial charge in [-0.25, -0.2) is 8.42 Å². The van der Waals surface area contributed by atoms with Gasteiger partial charge in [0.2, 0.25) is 0 Å². The number of nitrogens with one attached hydrogen (secondary N) is 1. The number of nitrogens with zero attached hydrogens (tertiary/aromatic N) is 1. The molecule has 5 nitrogen and oxygen atoms in total. The highest BCUT2D eigenvalue weighted by atomic mass is 32.2. The summed E-state index contributed by atoms with van der Waals surface area (Å²) < 4.78 is 23.5. The molecule has 1 aliphatic rings. The Hall–Kier alpha value is -2.73. The fraction of sp³-hybridized carbons (Fsp3) is 0.200. The second-order valence-electron chi connectivity index (χ2n) is 6.54. The Morgan fingerprint density at radius 1 is 1.08 bits per heavy atom. The van der Waals surface area contributed by atoms with Crippen LogP contribution in [0.15, 0.2) is 53.4 Å². The molecule has 0 fully saturated rings. The molecule has 0 unspecified atom stereocenters. The summed E-state index contributed by atoms with van der Waals surface area (Å²) in [5.74, 6) is -0.229. The smallest absolute Gasteiger partial charge is 0.256 e. The third-order valence-electron chi connectivity index (χ3n) is 4.67. The average molecular weight is 366 g/mol. The van der Waals surface area contributed by atoms with Crippen LogP contribution in [0.1, 0.15) is 28.0 Å². The van der Waals surface area contributed by atoms with Crippen LogP contribution in [0.5, 0.6) is 0 Å². The van der Waals surface area contributed by atoms with Crippen molar-refractivity contribution in [2.24, 2.45) is 0 Å². The van der Waals surface area contributed by atoms with Gasteiger partial charge < -0.3 is 5.32 Å². The first-order valence-electron chi connectivity index (χ1n) is 8.45. The van der Waals surface area contributed by atoms with E-state index in [0.29, 0.717) is 11.3 Å². The topological polar surface area (TPSA) is 76.1 Å². The summed E-state index contributed by atoms with van der Waals surface area (Å²) >= 11 is 0. The number of aromatic nitrogens is 1. The Morgan fingerprint density at radius 2 is 1.88 bits per heavy atom. The number of benzene rings is 2. The SMILES string of the molecule is CS(=O)(=O)c1cccc(NC(=O)c2c3c(nc4ccccc24)CCC3)c1. The lowest BCUT2D eigenvalue weighted by atomic mass is 10.0. The van der Waals surface area contributed by atoms with Gasteiger partial charge in [-0.3, -0.25) is 9.78 Å². The highest BCUT2D eigenvalue weighted by molar-refractivity contribution is 7.90. The average Bonchev–Trinajstić information content (AvgIpc) is 3.06. The number of anilines is 1. The lowest BCUT2D eigenvalue weighted by molar-refractivity contribution is 0.102. The van der Waals surface area contributed by atoms with Gasteiger partial charge in [0.05, 0.1) is 16.0 Å². The van der Waals surface area contributed by atoms with Crippen molar-refractivity contribution >= 4 is 32.3 Å². The molecule has 2 aromatic carbocycles. The van der Waals surface area contributed by atoms with Crippen molar-refractivity contribution in [3.8, 4) is 0 Å². The van der Waals surface area contributed by atoms with Crippen LogP contribution in [-0.4, -0.2) is 25.6 Å². The Labute approximate surface area is 152 Å². The molecule has 1 amide bonds. The molecule has 1 aromatic heterocycles. The zero-order chi connectivity index (χ0) is 18.3. The number of pyridine rings is 1. The van der Waals surface area contributed by atoms with Gasteiger partial charge in [-0.2, -0.15) is 0 Å². The zero-order valence-electron chi connectivity index (χ0n) is 14.3. The van der Waals surface area contributed by atoms with Gasteiger partial charge in [0.15, 0.2) is 9.84 Å². The van der Waals surface area contributed by atoms with Crippen molar-refractivity contribution in [2.45, 2.75) is 24.2 Å². The summed E-state index contributed by atoms with van der Waals surface area (Å²) in [5, 5.41) is 3.69. The number of para-hydroxylation sites is 1. The fourth-order valence-electron chi connectivity index (χ4n) is 3.47. The molecule has 0 spiro atoms. The number of carbonyl (C=O) groups is 1. The molecule has 0 saturated heterocycles. The maximum Gasteiger partial charge on any atom is 0.256 e. The minimum atomic E-state index is -3.33. The number of fused-ring (bicyclic) bond motifs is 2. The molecule has 1 N–H and O–H groups in total. The molecule has 0 radical (unpaired) electrons. The molecule has 4 rings (SSSR count). The van der Waals surface area contributed by atoms with E-state index in [1.165, 1.54) is 12.1 Å². The van der Waals surface area contributed by atoms with Crippen LogP contribution in [0.3, 0.4) is 0 Å². The van der Waals surface area contributed by atoms with Crippen molar-refractivity contribution in [1.82, 2.24) is 4.98 Å². The Kier molecular flexibility index (Phi) is 4.00. The van der Waals surface area contributed by atoms with E-state index in [0.717, 1.165) is 47.7 Å². The van der Waals surface area contributed by atoms with Gasteiger partial charge >= 0.3 is 0 Å². The van der Waals surface area contributed by atoms with Crippen molar-refractivity contribution in [2.75, 3.05) is 11.6 Å². The number of sulfone groups is 1. The van der Waals surface area contributed by atoms with Crippen molar-refractivity contribution in [1.29, 1.82) is 0 Å². The molecule has 0 saturated carbocycles. The van der Waals surface area contributed by atoms with Crippen molar-refractivity contribution in [3.63, 3.8) is 0 Å². The molecule has 1 aliphatic carbocycles. The summed E-state index contributed by atoms with van der Waals surface area (Å²) in [5.41, 5.74) is 3.90. The molecule has 3 aromatic rings. The summed E-state index contributed by atoms with van der Waals surface area (Å²) in [6, 6.07) is 13.9. The van der Waals surface area contributed by atoms with Crippen LogP contribution >= 0.6 is 0 Å². The van der Waals surface area contributed by atoms with Gasteiger partial charge in [0.1, 0.15) is 0 Å². The van der Waals surface area contributed by atoms with Crippen molar-refractivity contribution in [3.05, 3.63) is 65.4 Å². The van der Waals surface area contributed by atoms with Crippen molar-refractivity contribution < 1.29 is 13.2 Å². The van der Waals surface area contributed by atoms with Crippen LogP contribution in [0, 0.1) is 0 Å². The van der Waals surface area contributed by atoms with E-state index < -0.39 is 9.84 Å². The number of amides is 1. The number of rotatable bonds is 3. The third-order valence-corrected chi connectivity index (χ3v) is 5.78. The third kappa shape index (κ3) is 2.97. The van der Waals surface area contributed by atoms with E-state index in [9.17, 15) is 13.2 Å². The molecule has 1 heterocycles. The molecular formula is C20H18N2O3S. The van der Waals surface area contributed by atoms with Crippen LogP contribution in [0.4, 0.5) is 5.69 Å². The Bertz CT molecular complexity index is 1140. The molecule has 26 heavy (non-hydrogen) atoms. The summed E-state index contributed by atoms with van der Waals surface area (Å²) in [4.78, 5) is 17.9. The van der Waals surface area contributed by atoms with Gasteiger partial charge in [0.25, 0.3) is 5.91 Å². The molecule has 0 aliphatic heterocycles. The highest BCUT2D eigenvalue weighted by Crippen LogP contribution is 2.30. The largest absolute Gasteiger partial charge is 0.322 e. The Balaban J connectivity index is 1.78. The van der Waals surface area contributed by atoms with E-state index >= 15 is 0 Å². The molecular weight excluding hydrogens is 348 g/mol. The molecule has 0 atom stereocenters. The van der Waals surface area contributed by atoms with Crippen LogP contribution in [0.25, 0.3) is 10.9 Å². The molecule has 132 valence electrons. The van der Waals surface area contributed by atoms with Gasteiger partial charge in [-0.15, -0.1) is 0 Å². The molecule has 6 heteroatoms. The number of hydrogen-bond acceptors (Lipinski definition) is 4. The number of carbonyl (C=O) groups excluding carboxylic acids is 1. The first-order chi connectivity index (χ1) is 12.4. The van der Waals surface area contributed by atoms with Gasteiger partial charge in [-0.05, 0) is 49.1 Å². The van der Waals surface area contributed by atoms with Gasteiger partial charge in [0, 0.05) is 23.0 Å². The minimum absolute atomic E-state index is 0.181. The van der Waals surface area contributed by atoms with E-state index in [1.54, 1.807) is 12.1 Å². The second-order valence-corrected chi connectivity index (χ2v) is 8.55. The Morgan fingerprint density at radius 3 is 2.69 bits per heavy atom. The maximum absolute atomic E-state index is 13.1. The van der Waals surface area contributed by atoms with Crippen LogP contribution < -0.4 is 5.32 Å². The first-order valence-corrected chi connectivity index (χ1v) is 10.3. The number of hydrogen-bond donors (Lipinski definition) is 1. The normalized spacial score (nSPS) is 13.6. The highest BCUT2D eigenvalue weighted by Gasteiger charge is 2.23. The lowest BCUT2D eigenvalue weighted by Crippen LogP contribution is -2.16. The fourth-order valence-corrected chi connectivity index (χ4v) is 4.14. The monoisotopic (exact) mass is 366 g/mol. The quantitative estimate of drug-likeness (QED) is 0.771. The first kappa shape index (κ1) is 16.7. The number of aryl methyl sites for hydroxylation is 1. The predicted octanol–water partition coefficient (Wildman–Crippen LogP) is 3.38. The van der Waals surface area contributed by atoms with E-state index in [-0.39, 0.29) is 10.8 Å². The van der Waals surface area contributed by atoms with E-state index in [4.69, 9.17) is 4.98 Å². The summed E-state index contributed by atoms with van der Waals surface area (Å²) in [6.07, 6.45) is 3.85. The minimum Gasteiger partial charge on any atom is -0.322 e. The van der Waals surface area contributed by atoms with Crippen LogP contribution in [0.2, 0.25) is 0 Å². The van der Waals surface area contributed by atoms with Crippen LogP contribution in [-0.2, 0) is 22.7 Å². The van der Waals surface area contributed by atoms with Gasteiger partial charge in [-0.1, -0.05) is 24.3 Å². The predicted molar refractivity (Wildman–Crippen MR) is 101 cm³/mol. The summed E-state index contributed by atoms with van der Waals surface area (Å²) in [7, 11) is -3.33. The molecule has 0 bridgehead atoms. The van der Waals surface area contributed by atoms with E-state index in [2.05, 4.69) is 5.32 Å². The maximum atomic E-state index is 13.1. The van der Waals surface area contributed by atoms with E-state index in [1.807, 2.05) is 24.3 Å². The lowest BCUT2D eigenvalue weighted by Gasteiger charge is -2.13. The standard InChI is InChI=1S/C20H18N2O3S/c1-26(24,25)14-7-4-6-13(12-14)21-20(23)19-15-8-2-3-10-17(15)22-18-11-5-9-16(18)19/h2-4,6-8,10,12H,5,9,11H2,1H3,(H,21,23). The zero-order valence-corrected chi connectivity index (χ0v) is 15.1. The second kappa shape index (κ2) is 6.21. The summed E-state index contributed by atoms with van der Waals surface area (Å²) in [6.45, 7) is 0.